The van der Waals surface area contributed by atoms with E-state index in [-0.39, 0.29) is 6.54 Å². The number of hydrogen-bond acceptors (Lipinski definition) is 3. The third-order valence-electron chi connectivity index (χ3n) is 3.94. The van der Waals surface area contributed by atoms with Gasteiger partial charge >= 0.3 is 5.97 Å². The molecule has 0 saturated heterocycles. The van der Waals surface area contributed by atoms with Gasteiger partial charge in [0.25, 0.3) is 0 Å². The SMILES string of the molecule is COc1ccccc1CC(CN)(CC1CC1)C(=O)O. The minimum Gasteiger partial charge on any atom is -0.496 e. The summed E-state index contributed by atoms with van der Waals surface area (Å²) in [6.45, 7) is 0.164. The van der Waals surface area contributed by atoms with Crippen LogP contribution in [-0.4, -0.2) is 24.7 Å². The molecular weight excluding hydrogens is 242 g/mol. The van der Waals surface area contributed by atoms with E-state index in [1.807, 2.05) is 24.3 Å². The quantitative estimate of drug-likeness (QED) is 0.790. The van der Waals surface area contributed by atoms with Gasteiger partial charge in [-0.1, -0.05) is 31.0 Å². The second kappa shape index (κ2) is 5.61. The van der Waals surface area contributed by atoms with Gasteiger partial charge in [-0.05, 0) is 30.4 Å². The van der Waals surface area contributed by atoms with Gasteiger partial charge in [-0.25, -0.2) is 0 Å². The third kappa shape index (κ3) is 3.07. The maximum atomic E-state index is 11.7. The van der Waals surface area contributed by atoms with Crippen LogP contribution in [-0.2, 0) is 11.2 Å². The summed E-state index contributed by atoms with van der Waals surface area (Å²) in [5, 5.41) is 9.60. The highest BCUT2D eigenvalue weighted by Gasteiger charge is 2.42. The van der Waals surface area contributed by atoms with Crippen molar-refractivity contribution in [2.45, 2.75) is 25.7 Å². The molecule has 1 aromatic rings. The highest BCUT2D eigenvalue weighted by Crippen LogP contribution is 2.42. The Kier molecular flexibility index (Phi) is 4.10. The highest BCUT2D eigenvalue weighted by atomic mass is 16.5. The number of methoxy groups -OCH3 is 1. The van der Waals surface area contributed by atoms with Gasteiger partial charge in [-0.2, -0.15) is 0 Å². The summed E-state index contributed by atoms with van der Waals surface area (Å²) in [5.41, 5.74) is 5.85. The lowest BCUT2D eigenvalue weighted by Crippen LogP contribution is -2.41. The Morgan fingerprint density at radius 3 is 2.68 bits per heavy atom. The first-order valence-electron chi connectivity index (χ1n) is 6.66. The minimum absolute atomic E-state index is 0.164. The molecule has 0 aromatic heterocycles. The molecule has 1 fully saturated rings. The van der Waals surface area contributed by atoms with E-state index in [9.17, 15) is 9.90 Å². The van der Waals surface area contributed by atoms with Crippen LogP contribution in [0.5, 0.6) is 5.75 Å². The molecule has 0 heterocycles. The number of nitrogens with two attached hydrogens (primary N) is 1. The van der Waals surface area contributed by atoms with Gasteiger partial charge in [0.05, 0.1) is 12.5 Å². The summed E-state index contributed by atoms with van der Waals surface area (Å²) >= 11 is 0. The molecular formula is C15H21NO3. The number of carboxylic acids is 1. The largest absolute Gasteiger partial charge is 0.496 e. The molecule has 0 amide bonds. The fraction of sp³-hybridized carbons (Fsp3) is 0.533. The second-order valence-electron chi connectivity index (χ2n) is 5.43. The van der Waals surface area contributed by atoms with E-state index in [1.54, 1.807) is 7.11 Å². The molecule has 1 aliphatic rings. The summed E-state index contributed by atoms with van der Waals surface area (Å²) in [6, 6.07) is 7.56. The first-order chi connectivity index (χ1) is 9.11. The summed E-state index contributed by atoms with van der Waals surface area (Å²) in [5.74, 6) is 0.458. The van der Waals surface area contributed by atoms with Crippen LogP contribution in [0.4, 0.5) is 0 Å². The fourth-order valence-electron chi connectivity index (χ4n) is 2.57. The van der Waals surface area contributed by atoms with E-state index in [0.29, 0.717) is 18.8 Å². The maximum absolute atomic E-state index is 11.7. The fourth-order valence-corrected chi connectivity index (χ4v) is 2.57. The molecule has 3 N–H and O–H groups in total. The molecule has 19 heavy (non-hydrogen) atoms. The van der Waals surface area contributed by atoms with E-state index >= 15 is 0 Å². The van der Waals surface area contributed by atoms with E-state index in [2.05, 4.69) is 0 Å². The lowest BCUT2D eigenvalue weighted by molar-refractivity contribution is -0.149. The molecule has 0 radical (unpaired) electrons. The van der Waals surface area contributed by atoms with Gasteiger partial charge < -0.3 is 15.6 Å². The molecule has 1 saturated carbocycles. The zero-order valence-corrected chi connectivity index (χ0v) is 11.3. The zero-order valence-electron chi connectivity index (χ0n) is 11.3. The summed E-state index contributed by atoms with van der Waals surface area (Å²) in [4.78, 5) is 11.7. The Balaban J connectivity index is 2.25. The molecule has 4 nitrogen and oxygen atoms in total. The van der Waals surface area contributed by atoms with Gasteiger partial charge in [-0.15, -0.1) is 0 Å². The van der Waals surface area contributed by atoms with Crippen LogP contribution in [0.25, 0.3) is 0 Å². The van der Waals surface area contributed by atoms with Crippen molar-refractivity contribution in [1.29, 1.82) is 0 Å². The van der Waals surface area contributed by atoms with Crippen LogP contribution in [0.1, 0.15) is 24.8 Å². The van der Waals surface area contributed by atoms with Crippen LogP contribution in [0, 0.1) is 11.3 Å². The van der Waals surface area contributed by atoms with Gasteiger partial charge in [0, 0.05) is 6.54 Å². The predicted octanol–water partition coefficient (Wildman–Crippen LogP) is 2.07. The summed E-state index contributed by atoms with van der Waals surface area (Å²) < 4.78 is 5.30. The van der Waals surface area contributed by atoms with Gasteiger partial charge in [0.1, 0.15) is 5.75 Å². The van der Waals surface area contributed by atoms with Crippen molar-refractivity contribution >= 4 is 5.97 Å². The predicted molar refractivity (Wildman–Crippen MR) is 73.2 cm³/mol. The number of para-hydroxylation sites is 1. The van der Waals surface area contributed by atoms with E-state index in [0.717, 1.165) is 24.2 Å². The molecule has 0 spiro atoms. The van der Waals surface area contributed by atoms with E-state index < -0.39 is 11.4 Å². The Morgan fingerprint density at radius 1 is 1.47 bits per heavy atom. The second-order valence-corrected chi connectivity index (χ2v) is 5.43. The number of ether oxygens (including phenoxy) is 1. The lowest BCUT2D eigenvalue weighted by Gasteiger charge is -2.28. The zero-order chi connectivity index (χ0) is 13.9. The van der Waals surface area contributed by atoms with Crippen molar-refractivity contribution < 1.29 is 14.6 Å². The van der Waals surface area contributed by atoms with Crippen molar-refractivity contribution in [3.8, 4) is 5.75 Å². The number of rotatable bonds is 7. The first-order valence-corrected chi connectivity index (χ1v) is 6.66. The van der Waals surface area contributed by atoms with Crippen LogP contribution in [0.3, 0.4) is 0 Å². The molecule has 1 unspecified atom stereocenters. The van der Waals surface area contributed by atoms with Crippen LogP contribution in [0.15, 0.2) is 24.3 Å². The molecule has 104 valence electrons. The van der Waals surface area contributed by atoms with Crippen LogP contribution >= 0.6 is 0 Å². The third-order valence-corrected chi connectivity index (χ3v) is 3.94. The van der Waals surface area contributed by atoms with Crippen LogP contribution < -0.4 is 10.5 Å². The molecule has 0 bridgehead atoms. The number of hydrogen-bond donors (Lipinski definition) is 2. The molecule has 1 aliphatic carbocycles. The van der Waals surface area contributed by atoms with Gasteiger partial charge in [-0.3, -0.25) is 4.79 Å². The average Bonchev–Trinajstić information content (AvgIpc) is 3.22. The Hall–Kier alpha value is -1.55. The van der Waals surface area contributed by atoms with Crippen molar-refractivity contribution in [3.63, 3.8) is 0 Å². The van der Waals surface area contributed by atoms with Crippen molar-refractivity contribution in [1.82, 2.24) is 0 Å². The number of benzene rings is 1. The van der Waals surface area contributed by atoms with E-state index in [4.69, 9.17) is 10.5 Å². The molecule has 1 atom stereocenters. The molecule has 2 rings (SSSR count). The smallest absolute Gasteiger partial charge is 0.311 e. The average molecular weight is 263 g/mol. The standard InChI is InChI=1S/C15H21NO3/c1-19-13-5-3-2-4-12(13)9-15(10-16,14(17)18)8-11-6-7-11/h2-5,11H,6-10,16H2,1H3,(H,17,18). The molecule has 1 aromatic carbocycles. The lowest BCUT2D eigenvalue weighted by atomic mass is 9.77. The van der Waals surface area contributed by atoms with Crippen molar-refractivity contribution in [3.05, 3.63) is 29.8 Å². The Morgan fingerprint density at radius 2 is 2.16 bits per heavy atom. The van der Waals surface area contributed by atoms with Crippen LogP contribution in [0.2, 0.25) is 0 Å². The Bertz CT molecular complexity index is 456. The molecule has 4 heteroatoms. The topological polar surface area (TPSA) is 72.5 Å². The van der Waals surface area contributed by atoms with E-state index in [1.165, 1.54) is 0 Å². The summed E-state index contributed by atoms with van der Waals surface area (Å²) in [7, 11) is 1.60. The molecule has 0 aliphatic heterocycles. The number of carboxylic acid groups (broad SMARTS) is 1. The number of aliphatic carboxylic acids is 1. The van der Waals surface area contributed by atoms with Gasteiger partial charge in [0.15, 0.2) is 0 Å². The number of carbonyl (C=O) groups is 1. The first kappa shape index (κ1) is 13.9. The minimum atomic E-state index is -0.865. The van der Waals surface area contributed by atoms with Crippen molar-refractivity contribution in [2.24, 2.45) is 17.1 Å². The maximum Gasteiger partial charge on any atom is 0.311 e. The highest BCUT2D eigenvalue weighted by molar-refractivity contribution is 5.75. The summed E-state index contributed by atoms with van der Waals surface area (Å²) in [6.07, 6.45) is 3.35. The Labute approximate surface area is 113 Å². The van der Waals surface area contributed by atoms with Gasteiger partial charge in [0.2, 0.25) is 0 Å². The van der Waals surface area contributed by atoms with Crippen molar-refractivity contribution in [2.75, 3.05) is 13.7 Å². The monoisotopic (exact) mass is 263 g/mol. The normalized spacial score (nSPS) is 17.8.